The fourth-order valence-electron chi connectivity index (χ4n) is 7.73. The summed E-state index contributed by atoms with van der Waals surface area (Å²) in [5, 5.41) is 2.96. The van der Waals surface area contributed by atoms with Crippen molar-refractivity contribution in [3.8, 4) is 0 Å². The highest BCUT2D eigenvalue weighted by molar-refractivity contribution is 7.29. The molecule has 0 saturated heterocycles. The zero-order valence-corrected chi connectivity index (χ0v) is 30.2. The molecule has 236 valence electrons. The minimum absolute atomic E-state index is 0.362. The van der Waals surface area contributed by atoms with Crippen LogP contribution < -0.4 is 9.13 Å². The Morgan fingerprint density at radius 3 is 1.17 bits per heavy atom. The second-order valence-electron chi connectivity index (χ2n) is 14.3. The van der Waals surface area contributed by atoms with Crippen LogP contribution in [0.1, 0.15) is 119 Å². The molecule has 0 bridgehead atoms. The Kier molecular flexibility index (Phi) is 8.50. The zero-order valence-electron chi connectivity index (χ0n) is 29.2. The molecular weight excluding hydrogens is 573 g/mol. The van der Waals surface area contributed by atoms with E-state index in [9.17, 15) is 0 Å². The van der Waals surface area contributed by atoms with Crippen molar-refractivity contribution in [2.75, 3.05) is 9.13 Å². The number of anilines is 2. The van der Waals surface area contributed by atoms with Crippen LogP contribution in [-0.4, -0.2) is 8.40 Å². The van der Waals surface area contributed by atoms with Crippen LogP contribution in [-0.2, 0) is 0 Å². The van der Waals surface area contributed by atoms with Crippen molar-refractivity contribution >= 4 is 30.2 Å². The van der Waals surface area contributed by atoms with E-state index < -0.39 is 8.40 Å². The highest BCUT2D eigenvalue weighted by atomic mass is 28.4. The van der Waals surface area contributed by atoms with Crippen LogP contribution in [0.15, 0.2) is 121 Å². The summed E-state index contributed by atoms with van der Waals surface area (Å²) in [4.78, 5) is 0. The van der Waals surface area contributed by atoms with Crippen LogP contribution in [0.2, 0.25) is 0 Å². The number of nitrogens with zero attached hydrogens (tertiary/aromatic N) is 2. The molecule has 46 heavy (non-hydrogen) atoms. The molecule has 0 N–H and O–H groups in total. The highest BCUT2D eigenvalue weighted by Gasteiger charge is 2.69. The number of rotatable bonds is 8. The largest absolute Gasteiger partial charge is 0.346 e. The first-order valence-corrected chi connectivity index (χ1v) is 19.0. The van der Waals surface area contributed by atoms with Crippen LogP contribution in [0.4, 0.5) is 11.4 Å². The second-order valence-corrected chi connectivity index (χ2v) is 17.5. The first kappa shape index (κ1) is 31.9. The van der Waals surface area contributed by atoms with Gasteiger partial charge in [-0.3, -0.25) is 0 Å². The van der Waals surface area contributed by atoms with Crippen molar-refractivity contribution in [1.29, 1.82) is 0 Å². The molecule has 0 unspecified atom stereocenters. The molecule has 2 heterocycles. The van der Waals surface area contributed by atoms with Gasteiger partial charge in [0.15, 0.2) is 0 Å². The van der Waals surface area contributed by atoms with E-state index in [2.05, 4.69) is 175 Å². The summed E-state index contributed by atoms with van der Waals surface area (Å²) in [6.45, 7) is 25.9. The van der Waals surface area contributed by atoms with Gasteiger partial charge >= 0.3 is 8.40 Å². The molecule has 0 radical (unpaired) electrons. The van der Waals surface area contributed by atoms with E-state index in [1.807, 2.05) is 0 Å². The van der Waals surface area contributed by atoms with Crippen molar-refractivity contribution in [3.05, 3.63) is 154 Å². The molecule has 4 aromatic carbocycles. The molecule has 2 aliphatic heterocycles. The number of hydrogen-bond donors (Lipinski definition) is 0. The lowest BCUT2D eigenvalue weighted by molar-refractivity contribution is 0.823. The fraction of sp³-hybridized carbons (Fsp3) is 0.302. The van der Waals surface area contributed by atoms with Gasteiger partial charge < -0.3 is 9.13 Å². The first-order chi connectivity index (χ1) is 22.0. The summed E-state index contributed by atoms with van der Waals surface area (Å²) in [6.07, 6.45) is 2.35. The average Bonchev–Trinajstić information content (AvgIpc) is 3.69. The summed E-state index contributed by atoms with van der Waals surface area (Å²) in [5.74, 6) is 1.47. The Hall–Kier alpha value is -4.08. The maximum atomic E-state index is 4.89. The van der Waals surface area contributed by atoms with Crippen LogP contribution in [0, 0.1) is 0 Å². The molecule has 0 fully saturated rings. The summed E-state index contributed by atoms with van der Waals surface area (Å²) >= 11 is 0. The summed E-state index contributed by atoms with van der Waals surface area (Å²) in [7, 11) is -2.92. The normalized spacial score (nSPS) is 16.0. The van der Waals surface area contributed by atoms with Crippen LogP contribution in [0.3, 0.4) is 0 Å². The predicted octanol–water partition coefficient (Wildman–Crippen LogP) is 12.1. The Morgan fingerprint density at radius 1 is 0.478 bits per heavy atom. The van der Waals surface area contributed by atoms with E-state index >= 15 is 0 Å². The van der Waals surface area contributed by atoms with E-state index in [-0.39, 0.29) is 0 Å². The number of allylic oxidation sites excluding steroid dienone is 2. The lowest BCUT2D eigenvalue weighted by atomic mass is 9.92. The predicted molar refractivity (Wildman–Crippen MR) is 203 cm³/mol. The zero-order chi connectivity index (χ0) is 32.9. The first-order valence-electron chi connectivity index (χ1n) is 17.1. The smallest absolute Gasteiger partial charge is 0.341 e. The summed E-state index contributed by atoms with van der Waals surface area (Å²) in [6, 6.07) is 36.3. The molecule has 0 saturated carbocycles. The molecular formula is C43H50N2Si. The average molecular weight is 623 g/mol. The molecule has 1 spiro atoms. The van der Waals surface area contributed by atoms with Gasteiger partial charge in [-0.05, 0) is 80.4 Å². The Labute approximate surface area is 279 Å². The third-order valence-corrected chi connectivity index (χ3v) is 14.4. The maximum absolute atomic E-state index is 4.89. The third kappa shape index (κ3) is 5.00. The van der Waals surface area contributed by atoms with Crippen molar-refractivity contribution in [2.24, 2.45) is 0 Å². The SMILES string of the molecule is C=C1C=C(C)N(c2c(C(C)C)cccc2C(C)C)[Si]2(C(c3ccccc3)=C2c2ccccc2)N1c1c(C(C)C)cccc1C(C)C. The number of benzene rings is 4. The Bertz CT molecular complexity index is 1720. The van der Waals surface area contributed by atoms with Gasteiger partial charge in [0.2, 0.25) is 0 Å². The minimum atomic E-state index is -2.92. The molecule has 6 rings (SSSR count). The molecule has 0 aromatic heterocycles. The standard InChI is InChI=1S/C43H50N2Si/c1-28(2)36-23-17-24-37(29(3)4)40(36)44-32(9)27-33(10)45(41-38(30(5)6)25-18-26-39(41)31(7)8)46(44)42(34-19-13-11-14-20-34)43(46)35-21-15-12-16-22-35/h11-31H,9H2,1-8,10H3. The van der Waals surface area contributed by atoms with Crippen molar-refractivity contribution in [2.45, 2.75) is 86.0 Å². The van der Waals surface area contributed by atoms with Crippen LogP contribution >= 0.6 is 0 Å². The monoisotopic (exact) mass is 622 g/mol. The fourth-order valence-corrected chi connectivity index (χ4v) is 13.3. The highest BCUT2D eigenvalue weighted by Crippen LogP contribution is 2.64. The minimum Gasteiger partial charge on any atom is -0.346 e. The van der Waals surface area contributed by atoms with E-state index in [1.165, 1.54) is 60.8 Å². The molecule has 2 nitrogen and oxygen atoms in total. The number of para-hydroxylation sites is 2. The van der Waals surface area contributed by atoms with Crippen LogP contribution in [0.25, 0.3) is 10.4 Å². The quantitative estimate of drug-likeness (QED) is 0.180. The second kappa shape index (κ2) is 12.3. The van der Waals surface area contributed by atoms with Gasteiger partial charge in [0, 0.05) is 22.8 Å². The van der Waals surface area contributed by atoms with Gasteiger partial charge in [-0.15, -0.1) is 0 Å². The van der Waals surface area contributed by atoms with Crippen LogP contribution in [0.5, 0.6) is 0 Å². The van der Waals surface area contributed by atoms with E-state index in [4.69, 9.17) is 6.58 Å². The lowest BCUT2D eigenvalue weighted by Crippen LogP contribution is -2.62. The van der Waals surface area contributed by atoms with Gasteiger partial charge in [0.05, 0.1) is 0 Å². The Balaban J connectivity index is 1.80. The maximum Gasteiger partial charge on any atom is 0.341 e. The van der Waals surface area contributed by atoms with E-state index in [1.54, 1.807) is 0 Å². The van der Waals surface area contributed by atoms with Crippen molar-refractivity contribution in [1.82, 2.24) is 0 Å². The molecule has 2 aliphatic rings. The van der Waals surface area contributed by atoms with Gasteiger partial charge in [0.25, 0.3) is 0 Å². The van der Waals surface area contributed by atoms with Gasteiger partial charge in [-0.25, -0.2) is 0 Å². The summed E-state index contributed by atoms with van der Waals surface area (Å²) in [5.41, 5.74) is 13.3. The topological polar surface area (TPSA) is 6.48 Å². The molecule has 0 amide bonds. The van der Waals surface area contributed by atoms with Gasteiger partial charge in [0.1, 0.15) is 0 Å². The third-order valence-electron chi connectivity index (χ3n) is 9.80. The molecule has 0 atom stereocenters. The molecule has 0 aliphatic carbocycles. The van der Waals surface area contributed by atoms with Crippen molar-refractivity contribution in [3.63, 3.8) is 0 Å². The summed E-state index contributed by atoms with van der Waals surface area (Å²) < 4.78 is 5.59. The van der Waals surface area contributed by atoms with Gasteiger partial charge in [-0.2, -0.15) is 0 Å². The lowest BCUT2D eigenvalue weighted by Gasteiger charge is -2.50. The molecule has 4 aromatic rings. The molecule has 3 heteroatoms. The Morgan fingerprint density at radius 2 is 0.826 bits per heavy atom. The van der Waals surface area contributed by atoms with Gasteiger partial charge in [-0.1, -0.05) is 159 Å². The van der Waals surface area contributed by atoms with E-state index in [0.29, 0.717) is 23.7 Å². The number of hydrogen-bond acceptors (Lipinski definition) is 2. The van der Waals surface area contributed by atoms with Crippen molar-refractivity contribution < 1.29 is 0 Å². The van der Waals surface area contributed by atoms with E-state index in [0.717, 1.165) is 5.70 Å².